The number of likely N-dealkylation sites (tertiary alicyclic amines) is 1. The summed E-state index contributed by atoms with van der Waals surface area (Å²) < 4.78 is 19.3. The monoisotopic (exact) mass is 469 g/mol. The molecule has 2 aromatic carbocycles. The van der Waals surface area contributed by atoms with Crippen molar-refractivity contribution < 1.29 is 33.7 Å². The molecule has 0 saturated carbocycles. The summed E-state index contributed by atoms with van der Waals surface area (Å²) in [6.45, 7) is 0.513. The predicted octanol–water partition coefficient (Wildman–Crippen LogP) is 1.24. The van der Waals surface area contributed by atoms with Crippen molar-refractivity contribution in [2.24, 2.45) is 11.8 Å². The minimum absolute atomic E-state index is 0.152. The van der Waals surface area contributed by atoms with Crippen molar-refractivity contribution in [3.8, 4) is 11.5 Å². The molecule has 0 bridgehead atoms. The van der Waals surface area contributed by atoms with Crippen LogP contribution >= 0.6 is 0 Å². The Morgan fingerprint density at radius 3 is 2.62 bits per heavy atom. The lowest BCUT2D eigenvalue weighted by Crippen LogP contribution is -2.53. The second kappa shape index (κ2) is 8.07. The molecule has 10 heteroatoms. The first-order valence-electron chi connectivity index (χ1n) is 11.0. The van der Waals surface area contributed by atoms with Crippen molar-refractivity contribution >= 4 is 23.4 Å². The van der Waals surface area contributed by atoms with Gasteiger partial charge in [-0.05, 0) is 48.7 Å². The molecule has 9 nitrogen and oxygen atoms in total. The smallest absolute Gasteiger partial charge is 0.250 e. The number of hydrogen-bond acceptors (Lipinski definition) is 7. The molecular formula is C24H24FN3O6. The summed E-state index contributed by atoms with van der Waals surface area (Å²) in [5.74, 6) is -4.49. The molecule has 178 valence electrons. The van der Waals surface area contributed by atoms with Crippen LogP contribution in [0.15, 0.2) is 36.4 Å². The van der Waals surface area contributed by atoms with Crippen LogP contribution in [0.25, 0.3) is 0 Å². The average molecular weight is 469 g/mol. The van der Waals surface area contributed by atoms with Crippen LogP contribution in [-0.4, -0.2) is 59.1 Å². The summed E-state index contributed by atoms with van der Waals surface area (Å²) >= 11 is 0. The van der Waals surface area contributed by atoms with E-state index < -0.39 is 47.0 Å². The average Bonchev–Trinajstić information content (AvgIpc) is 3.37. The fourth-order valence-corrected chi connectivity index (χ4v) is 5.55. The summed E-state index contributed by atoms with van der Waals surface area (Å²) in [4.78, 5) is 41.6. The minimum atomic E-state index is -1.60. The Kier molecular flexibility index (Phi) is 5.29. The number of nitrogens with one attached hydrogen (secondary N) is 2. The SMILES string of the molecule is COCCCN1C(=O)[C@@H]2[C@H](Cc3ccc(O)c(O)c3)N[C@@]3(C(=O)Nc4ccc(F)cc43)[C@@H]2C1=O. The highest BCUT2D eigenvalue weighted by Crippen LogP contribution is 2.53. The maximum Gasteiger partial charge on any atom is 0.250 e. The lowest BCUT2D eigenvalue weighted by molar-refractivity contribution is -0.143. The van der Waals surface area contributed by atoms with Crippen LogP contribution in [0.2, 0.25) is 0 Å². The van der Waals surface area contributed by atoms with Crippen molar-refractivity contribution in [2.45, 2.75) is 24.4 Å². The Hall–Kier alpha value is -3.50. The second-order valence-electron chi connectivity index (χ2n) is 8.91. The first kappa shape index (κ1) is 22.3. The van der Waals surface area contributed by atoms with Crippen LogP contribution in [0.5, 0.6) is 11.5 Å². The van der Waals surface area contributed by atoms with Gasteiger partial charge in [0.05, 0.1) is 11.8 Å². The molecule has 3 heterocycles. The molecule has 3 amide bonds. The number of fused-ring (bicyclic) bond motifs is 4. The number of imide groups is 1. The fraction of sp³-hybridized carbons (Fsp3) is 0.375. The van der Waals surface area contributed by atoms with E-state index in [1.165, 1.54) is 42.3 Å². The zero-order valence-corrected chi connectivity index (χ0v) is 18.4. The molecule has 3 aliphatic heterocycles. The standard InChI is InChI=1S/C24H24FN3O6/c1-34-8-2-7-28-21(31)19-16(9-12-3-6-17(29)18(30)10-12)27-24(20(19)22(28)32)14-11-13(25)4-5-15(14)26-23(24)33/h3-6,10-11,16,19-20,27,29-30H,2,7-9H2,1H3,(H,26,33)/t16-,19+,20-,24+/m0/s1. The molecule has 0 aromatic heterocycles. The summed E-state index contributed by atoms with van der Waals surface area (Å²) in [6.07, 6.45) is 0.640. The van der Waals surface area contributed by atoms with E-state index >= 15 is 0 Å². The Balaban J connectivity index is 1.58. The Morgan fingerprint density at radius 1 is 1.09 bits per heavy atom. The summed E-state index contributed by atoms with van der Waals surface area (Å²) in [7, 11) is 1.53. The van der Waals surface area contributed by atoms with Crippen molar-refractivity contribution in [3.63, 3.8) is 0 Å². The lowest BCUT2D eigenvalue weighted by Gasteiger charge is -2.29. The molecule has 2 fully saturated rings. The van der Waals surface area contributed by atoms with E-state index in [1.54, 1.807) is 6.07 Å². The highest BCUT2D eigenvalue weighted by molar-refractivity contribution is 6.15. The van der Waals surface area contributed by atoms with Gasteiger partial charge in [0, 0.05) is 37.6 Å². The number of phenolic OH excluding ortho intramolecular Hbond substituents is 2. The highest BCUT2D eigenvalue weighted by Gasteiger charge is 2.70. The van der Waals surface area contributed by atoms with Crippen molar-refractivity contribution in [1.29, 1.82) is 0 Å². The molecule has 4 atom stereocenters. The maximum absolute atomic E-state index is 14.3. The van der Waals surface area contributed by atoms with Crippen molar-refractivity contribution in [3.05, 3.63) is 53.3 Å². The van der Waals surface area contributed by atoms with Gasteiger partial charge in [0.1, 0.15) is 11.4 Å². The lowest BCUT2D eigenvalue weighted by atomic mass is 9.76. The highest BCUT2D eigenvalue weighted by atomic mass is 19.1. The summed E-state index contributed by atoms with van der Waals surface area (Å²) in [5, 5.41) is 25.5. The van der Waals surface area contributed by atoms with Gasteiger partial charge in [-0.1, -0.05) is 6.07 Å². The number of aromatic hydroxyl groups is 2. The number of ether oxygens (including phenoxy) is 1. The third-order valence-electron chi connectivity index (χ3n) is 6.99. The second-order valence-corrected chi connectivity index (χ2v) is 8.91. The van der Waals surface area contributed by atoms with Gasteiger partial charge in [-0.2, -0.15) is 0 Å². The minimum Gasteiger partial charge on any atom is -0.504 e. The quantitative estimate of drug-likeness (QED) is 0.285. The van der Waals surface area contributed by atoms with Gasteiger partial charge >= 0.3 is 0 Å². The van der Waals surface area contributed by atoms with E-state index in [0.717, 1.165) is 0 Å². The van der Waals surface area contributed by atoms with E-state index in [4.69, 9.17) is 4.74 Å². The zero-order valence-electron chi connectivity index (χ0n) is 18.4. The van der Waals surface area contributed by atoms with Crippen LogP contribution in [0, 0.1) is 17.7 Å². The number of carbonyl (C=O) groups excluding carboxylic acids is 3. The number of carbonyl (C=O) groups is 3. The number of anilines is 1. The van der Waals surface area contributed by atoms with Gasteiger partial charge in [-0.25, -0.2) is 4.39 Å². The molecular weight excluding hydrogens is 445 g/mol. The van der Waals surface area contributed by atoms with Crippen LogP contribution in [0.3, 0.4) is 0 Å². The third-order valence-corrected chi connectivity index (χ3v) is 6.99. The number of benzene rings is 2. The maximum atomic E-state index is 14.3. The Labute approximate surface area is 194 Å². The molecule has 0 radical (unpaired) electrons. The first-order chi connectivity index (χ1) is 16.3. The number of halogens is 1. The Bertz CT molecular complexity index is 1200. The van der Waals surface area contributed by atoms with Gasteiger partial charge < -0.3 is 20.3 Å². The van der Waals surface area contributed by atoms with Gasteiger partial charge in [-0.15, -0.1) is 0 Å². The predicted molar refractivity (Wildman–Crippen MR) is 117 cm³/mol. The Morgan fingerprint density at radius 2 is 1.88 bits per heavy atom. The van der Waals surface area contributed by atoms with E-state index in [1.807, 2.05) is 0 Å². The molecule has 4 N–H and O–H groups in total. The topological polar surface area (TPSA) is 128 Å². The van der Waals surface area contributed by atoms with Gasteiger partial charge in [0.15, 0.2) is 11.5 Å². The van der Waals surface area contributed by atoms with Crippen LogP contribution in [-0.2, 0) is 31.1 Å². The molecule has 2 saturated heterocycles. The van der Waals surface area contributed by atoms with E-state index in [0.29, 0.717) is 29.8 Å². The fourth-order valence-electron chi connectivity index (χ4n) is 5.55. The largest absolute Gasteiger partial charge is 0.504 e. The third kappa shape index (κ3) is 3.17. The van der Waals surface area contributed by atoms with Gasteiger partial charge in [0.25, 0.3) is 0 Å². The number of rotatable bonds is 6. The van der Waals surface area contributed by atoms with E-state index in [2.05, 4.69) is 10.6 Å². The number of methoxy groups -OCH3 is 1. The van der Waals surface area contributed by atoms with Crippen molar-refractivity contribution in [2.75, 3.05) is 25.6 Å². The van der Waals surface area contributed by atoms with Crippen LogP contribution in [0.1, 0.15) is 17.5 Å². The van der Waals surface area contributed by atoms with Crippen LogP contribution < -0.4 is 10.6 Å². The number of phenols is 2. The van der Waals surface area contributed by atoms with E-state index in [-0.39, 0.29) is 24.5 Å². The first-order valence-corrected chi connectivity index (χ1v) is 11.0. The molecule has 34 heavy (non-hydrogen) atoms. The molecule has 0 unspecified atom stereocenters. The summed E-state index contributed by atoms with van der Waals surface area (Å²) in [6, 6.07) is 7.53. The zero-order chi connectivity index (χ0) is 24.2. The van der Waals surface area contributed by atoms with Gasteiger partial charge in [0.2, 0.25) is 17.7 Å². The molecule has 3 aliphatic rings. The van der Waals surface area contributed by atoms with Crippen molar-refractivity contribution in [1.82, 2.24) is 10.2 Å². The molecule has 1 spiro atoms. The number of amides is 3. The van der Waals surface area contributed by atoms with Gasteiger partial charge in [-0.3, -0.25) is 24.6 Å². The molecule has 0 aliphatic carbocycles. The molecule has 5 rings (SSSR count). The summed E-state index contributed by atoms with van der Waals surface area (Å²) in [5.41, 5.74) is -0.323. The number of nitrogens with zero attached hydrogens (tertiary/aromatic N) is 1. The number of hydrogen-bond donors (Lipinski definition) is 4. The van der Waals surface area contributed by atoms with Crippen LogP contribution in [0.4, 0.5) is 10.1 Å². The van der Waals surface area contributed by atoms with E-state index in [9.17, 15) is 29.0 Å². The normalized spacial score (nSPS) is 27.4. The molecule has 2 aromatic rings.